The Hall–Kier alpha value is -2.17. The second-order valence-electron chi connectivity index (χ2n) is 6.29. The second-order valence-corrected chi connectivity index (χ2v) is 6.29. The van der Waals surface area contributed by atoms with Crippen molar-refractivity contribution in [2.45, 2.75) is 40.0 Å². The monoisotopic (exact) mass is 316 g/mol. The summed E-state index contributed by atoms with van der Waals surface area (Å²) in [5.41, 5.74) is 8.81. The van der Waals surface area contributed by atoms with Crippen LogP contribution in [0, 0.1) is 18.3 Å². The summed E-state index contributed by atoms with van der Waals surface area (Å²) in [5.74, 6) is 0.712. The van der Waals surface area contributed by atoms with E-state index in [1.807, 2.05) is 43.9 Å². The van der Waals surface area contributed by atoms with E-state index < -0.39 is 0 Å². The summed E-state index contributed by atoms with van der Waals surface area (Å²) in [7, 11) is 0. The summed E-state index contributed by atoms with van der Waals surface area (Å²) < 4.78 is 0. The van der Waals surface area contributed by atoms with E-state index in [2.05, 4.69) is 4.98 Å². The zero-order valence-electron chi connectivity index (χ0n) is 14.5. The van der Waals surface area contributed by atoms with E-state index in [0.29, 0.717) is 17.3 Å². The third kappa shape index (κ3) is 6.63. The number of allylic oxidation sites excluding steroid dienone is 2. The quantitative estimate of drug-likeness (QED) is 0.662. The molecule has 1 fully saturated rings. The molecule has 2 heterocycles. The van der Waals surface area contributed by atoms with Crippen LogP contribution in [0.15, 0.2) is 30.0 Å². The van der Waals surface area contributed by atoms with Crippen molar-refractivity contribution in [2.24, 2.45) is 11.7 Å². The Morgan fingerprint density at radius 1 is 1.48 bits per heavy atom. The molecule has 1 aromatic heterocycles. The van der Waals surface area contributed by atoms with Gasteiger partial charge in [-0.05, 0) is 44.4 Å². The van der Waals surface area contributed by atoms with E-state index >= 15 is 0 Å². The molecule has 3 N–H and O–H groups in total. The number of aryl methyl sites for hydroxylation is 1. The van der Waals surface area contributed by atoms with Crippen molar-refractivity contribution in [1.29, 1.82) is 5.41 Å². The fraction of sp³-hybridized carbons (Fsp3) is 0.500. The highest BCUT2D eigenvalue weighted by molar-refractivity contribution is 5.94. The summed E-state index contributed by atoms with van der Waals surface area (Å²) in [4.78, 5) is 16.9. The Morgan fingerprint density at radius 2 is 2.17 bits per heavy atom. The molecule has 5 heteroatoms. The van der Waals surface area contributed by atoms with Crippen LogP contribution in [-0.2, 0) is 4.79 Å². The predicted octanol–water partition coefficient (Wildman–Crippen LogP) is 2.86. The van der Waals surface area contributed by atoms with Gasteiger partial charge in [0.25, 0.3) is 0 Å². The fourth-order valence-corrected chi connectivity index (χ4v) is 2.33. The molecule has 0 spiro atoms. The van der Waals surface area contributed by atoms with Gasteiger partial charge in [0, 0.05) is 41.8 Å². The average Bonchev–Trinajstić information content (AvgIpc) is 2.96. The number of nitrogens with two attached hydrogens (primary N) is 1. The lowest BCUT2D eigenvalue weighted by atomic mass is 10.0. The van der Waals surface area contributed by atoms with Crippen molar-refractivity contribution in [1.82, 2.24) is 9.88 Å². The third-order valence-corrected chi connectivity index (χ3v) is 3.70. The molecule has 1 unspecified atom stereocenters. The topological polar surface area (TPSA) is 83.1 Å². The molecule has 0 radical (unpaired) electrons. The van der Waals surface area contributed by atoms with Crippen LogP contribution >= 0.6 is 0 Å². The predicted molar refractivity (Wildman–Crippen MR) is 94.5 cm³/mol. The van der Waals surface area contributed by atoms with Crippen LogP contribution in [0.3, 0.4) is 0 Å². The number of carbonyl (C=O) groups is 1. The minimum atomic E-state index is 0.281. The molecule has 1 saturated heterocycles. The van der Waals surface area contributed by atoms with E-state index in [1.165, 1.54) is 0 Å². The molecule has 1 aliphatic heterocycles. The van der Waals surface area contributed by atoms with Crippen LogP contribution in [0.1, 0.15) is 44.5 Å². The van der Waals surface area contributed by atoms with E-state index in [-0.39, 0.29) is 5.92 Å². The van der Waals surface area contributed by atoms with Crippen molar-refractivity contribution >= 4 is 12.1 Å². The lowest BCUT2D eigenvalue weighted by Crippen LogP contribution is -2.17. The number of likely N-dealkylation sites (tertiary alicyclic amines) is 1. The molecule has 23 heavy (non-hydrogen) atoms. The van der Waals surface area contributed by atoms with Crippen molar-refractivity contribution < 1.29 is 4.79 Å². The molecule has 2 rings (SSSR count). The molecule has 5 nitrogen and oxygen atoms in total. The number of pyridine rings is 1. The van der Waals surface area contributed by atoms with Crippen LogP contribution < -0.4 is 5.73 Å². The third-order valence-electron chi connectivity index (χ3n) is 3.70. The number of nitrogens with zero attached hydrogens (tertiary/aromatic N) is 2. The number of aromatic nitrogens is 1. The molecule has 0 aliphatic carbocycles. The van der Waals surface area contributed by atoms with Crippen molar-refractivity contribution in [3.63, 3.8) is 0 Å². The zero-order chi connectivity index (χ0) is 17.4. The summed E-state index contributed by atoms with van der Waals surface area (Å²) in [6, 6.07) is 6.07. The van der Waals surface area contributed by atoms with Gasteiger partial charge in [-0.1, -0.05) is 19.9 Å². The number of nitrogens with one attached hydrogen (secondary N) is 1. The highest BCUT2D eigenvalue weighted by atomic mass is 16.1. The van der Waals surface area contributed by atoms with Crippen molar-refractivity contribution in [3.8, 4) is 0 Å². The number of amides is 1. The fourth-order valence-electron chi connectivity index (χ4n) is 2.33. The largest absolute Gasteiger partial charge is 0.402 e. The Bertz CT molecular complexity index is 562. The summed E-state index contributed by atoms with van der Waals surface area (Å²) in [5, 5.41) is 7.32. The number of hydrogen-bond donors (Lipinski definition) is 2. The van der Waals surface area contributed by atoms with Gasteiger partial charge < -0.3 is 16.0 Å². The molecule has 1 atom stereocenters. The van der Waals surface area contributed by atoms with E-state index in [1.54, 1.807) is 13.0 Å². The van der Waals surface area contributed by atoms with Crippen LogP contribution in [-0.4, -0.2) is 35.1 Å². The SMILES string of the molecule is C/C(N)=C/C(=N)C(C)C.Cc1cccc(C2CCN(C=O)C2)n1. The number of carbonyl (C=O) groups excluding carboxylic acids is 1. The summed E-state index contributed by atoms with van der Waals surface area (Å²) in [6.45, 7) is 9.42. The molecule has 0 bridgehead atoms. The Labute approximate surface area is 139 Å². The first kappa shape index (κ1) is 18.9. The molecule has 0 saturated carbocycles. The molecule has 1 amide bonds. The maximum absolute atomic E-state index is 10.6. The van der Waals surface area contributed by atoms with E-state index in [9.17, 15) is 4.79 Å². The molecule has 126 valence electrons. The van der Waals surface area contributed by atoms with Gasteiger partial charge in [-0.15, -0.1) is 0 Å². The van der Waals surface area contributed by atoms with Gasteiger partial charge in [-0.25, -0.2) is 0 Å². The number of hydrogen-bond acceptors (Lipinski definition) is 4. The lowest BCUT2D eigenvalue weighted by Gasteiger charge is -2.10. The molecular weight excluding hydrogens is 288 g/mol. The van der Waals surface area contributed by atoms with Gasteiger partial charge >= 0.3 is 0 Å². The van der Waals surface area contributed by atoms with Crippen molar-refractivity contribution in [2.75, 3.05) is 13.1 Å². The summed E-state index contributed by atoms with van der Waals surface area (Å²) in [6.07, 6.45) is 3.65. The van der Waals surface area contributed by atoms with Gasteiger partial charge in [-0.3, -0.25) is 9.78 Å². The normalized spacial score (nSPS) is 17.7. The maximum atomic E-state index is 10.6. The molecule has 1 aromatic rings. The summed E-state index contributed by atoms with van der Waals surface area (Å²) >= 11 is 0. The van der Waals surface area contributed by atoms with Gasteiger partial charge in [0.1, 0.15) is 0 Å². The highest BCUT2D eigenvalue weighted by Crippen LogP contribution is 2.24. The van der Waals surface area contributed by atoms with E-state index in [0.717, 1.165) is 37.3 Å². The van der Waals surface area contributed by atoms with Crippen LogP contribution in [0.5, 0.6) is 0 Å². The van der Waals surface area contributed by atoms with Crippen LogP contribution in [0.25, 0.3) is 0 Å². The minimum Gasteiger partial charge on any atom is -0.402 e. The Kier molecular flexibility index (Phi) is 7.45. The van der Waals surface area contributed by atoms with Gasteiger partial charge in [0.05, 0.1) is 0 Å². The smallest absolute Gasteiger partial charge is 0.209 e. The van der Waals surface area contributed by atoms with Gasteiger partial charge in [-0.2, -0.15) is 0 Å². The molecular formula is C18H28N4O. The Balaban J connectivity index is 0.000000257. The first-order chi connectivity index (χ1) is 10.8. The van der Waals surface area contributed by atoms with Crippen LogP contribution in [0.4, 0.5) is 0 Å². The average molecular weight is 316 g/mol. The zero-order valence-corrected chi connectivity index (χ0v) is 14.5. The first-order valence-corrected chi connectivity index (χ1v) is 7.98. The second kappa shape index (κ2) is 9.08. The van der Waals surface area contributed by atoms with Crippen LogP contribution in [0.2, 0.25) is 0 Å². The standard InChI is InChI=1S/C11H14N2O.C7H14N2/c1-9-3-2-4-11(12-9)10-5-6-13(7-10)8-14;1-5(2)7(9)4-6(3)8/h2-4,8,10H,5-7H2,1H3;4-5,9H,8H2,1-3H3/b;6-4-,9-7?. The van der Waals surface area contributed by atoms with Gasteiger partial charge in [0.15, 0.2) is 0 Å². The molecule has 1 aliphatic rings. The van der Waals surface area contributed by atoms with E-state index in [4.69, 9.17) is 11.1 Å². The van der Waals surface area contributed by atoms with Gasteiger partial charge in [0.2, 0.25) is 6.41 Å². The Morgan fingerprint density at radius 3 is 2.61 bits per heavy atom. The highest BCUT2D eigenvalue weighted by Gasteiger charge is 2.23. The van der Waals surface area contributed by atoms with Crippen molar-refractivity contribution in [3.05, 3.63) is 41.4 Å². The molecule has 0 aromatic carbocycles. The maximum Gasteiger partial charge on any atom is 0.209 e. The lowest BCUT2D eigenvalue weighted by molar-refractivity contribution is -0.117. The minimum absolute atomic E-state index is 0.281. The number of rotatable bonds is 4. The first-order valence-electron chi connectivity index (χ1n) is 7.98.